The Kier molecular flexibility index (Phi) is 4.13. The molecule has 2 rings (SSSR count). The quantitative estimate of drug-likeness (QED) is 0.891. The minimum Gasteiger partial charge on any atom is -0.389 e. The first-order valence-corrected chi connectivity index (χ1v) is 6.67. The van der Waals surface area contributed by atoms with E-state index in [4.69, 9.17) is 4.52 Å². The average molecular weight is 292 g/mol. The highest BCUT2D eigenvalue weighted by atomic mass is 16.5. The van der Waals surface area contributed by atoms with Gasteiger partial charge in [0.1, 0.15) is 6.54 Å². The predicted molar refractivity (Wildman–Crippen MR) is 75.8 cm³/mol. The van der Waals surface area contributed by atoms with Crippen LogP contribution in [0.25, 0.3) is 0 Å². The molecule has 21 heavy (non-hydrogen) atoms. The van der Waals surface area contributed by atoms with Crippen molar-refractivity contribution in [1.82, 2.24) is 19.8 Å². The smallest absolute Gasteiger partial charge is 0.275 e. The molecule has 0 radical (unpaired) electrons. The van der Waals surface area contributed by atoms with E-state index in [9.17, 15) is 9.90 Å². The number of carbonyl (C=O) groups is 1. The topological polar surface area (TPSA) is 84.4 Å². The number of hydrogen-bond donors (Lipinski definition) is 1. The molecule has 1 N–H and O–H groups in total. The highest BCUT2D eigenvalue weighted by molar-refractivity contribution is 5.92. The van der Waals surface area contributed by atoms with Gasteiger partial charge in [-0.3, -0.25) is 9.48 Å². The molecule has 0 fully saturated rings. The lowest BCUT2D eigenvalue weighted by molar-refractivity contribution is 0.0362. The summed E-state index contributed by atoms with van der Waals surface area (Å²) in [7, 11) is 1.62. The van der Waals surface area contributed by atoms with Crippen molar-refractivity contribution >= 4 is 5.91 Å². The van der Waals surface area contributed by atoms with Crippen LogP contribution in [0.1, 0.15) is 35.7 Å². The molecule has 0 spiro atoms. The van der Waals surface area contributed by atoms with Crippen LogP contribution in [-0.2, 0) is 6.54 Å². The first-order valence-electron chi connectivity index (χ1n) is 6.67. The van der Waals surface area contributed by atoms with Crippen LogP contribution in [0.2, 0.25) is 0 Å². The number of nitrogens with zero attached hydrogens (tertiary/aromatic N) is 4. The van der Waals surface area contributed by atoms with Crippen LogP contribution in [0.4, 0.5) is 0 Å². The molecule has 114 valence electrons. The second-order valence-electron chi connectivity index (χ2n) is 5.87. The maximum Gasteiger partial charge on any atom is 0.275 e. The summed E-state index contributed by atoms with van der Waals surface area (Å²) < 4.78 is 6.87. The lowest BCUT2D eigenvalue weighted by Crippen LogP contribution is -2.39. The molecule has 0 aliphatic carbocycles. The summed E-state index contributed by atoms with van der Waals surface area (Å²) in [5.41, 5.74) is 0.320. The number of aromatic nitrogens is 3. The minimum atomic E-state index is -0.955. The van der Waals surface area contributed by atoms with Crippen molar-refractivity contribution in [3.05, 3.63) is 35.5 Å². The molecule has 7 nitrogen and oxygen atoms in total. The Bertz CT molecular complexity index is 624. The molecule has 0 aliphatic rings. The first-order chi connectivity index (χ1) is 9.74. The zero-order valence-corrected chi connectivity index (χ0v) is 12.7. The molecule has 0 atom stereocenters. The maximum atomic E-state index is 12.2. The van der Waals surface area contributed by atoms with E-state index in [1.54, 1.807) is 37.8 Å². The third kappa shape index (κ3) is 4.16. The van der Waals surface area contributed by atoms with Crippen LogP contribution in [0.5, 0.6) is 0 Å². The number of amides is 1. The number of aryl methyl sites for hydroxylation is 1. The van der Waals surface area contributed by atoms with Gasteiger partial charge in [0, 0.05) is 25.9 Å². The summed E-state index contributed by atoms with van der Waals surface area (Å²) in [6.45, 7) is 5.87. The number of aliphatic hydroxyl groups is 1. The SMILES string of the molecule is Cc1cnn(Cc2cc(C(=O)N(C)CC(C)(C)O)no2)c1. The normalized spacial score (nSPS) is 11.7. The van der Waals surface area contributed by atoms with E-state index < -0.39 is 5.60 Å². The Hall–Kier alpha value is -2.15. The predicted octanol–water partition coefficient (Wildman–Crippen LogP) is 1.07. The number of likely N-dealkylation sites (N-methyl/N-ethyl adjacent to an activating group) is 1. The molecule has 0 aromatic carbocycles. The van der Waals surface area contributed by atoms with Crippen LogP contribution in [0, 0.1) is 6.92 Å². The summed E-state index contributed by atoms with van der Waals surface area (Å²) >= 11 is 0. The zero-order chi connectivity index (χ0) is 15.6. The molecular weight excluding hydrogens is 272 g/mol. The number of hydrogen-bond acceptors (Lipinski definition) is 5. The van der Waals surface area contributed by atoms with Gasteiger partial charge in [-0.2, -0.15) is 5.10 Å². The van der Waals surface area contributed by atoms with E-state index in [-0.39, 0.29) is 18.1 Å². The molecule has 0 saturated heterocycles. The summed E-state index contributed by atoms with van der Waals surface area (Å²) in [4.78, 5) is 13.6. The standard InChI is InChI=1S/C14H20N4O3/c1-10-6-15-18(7-10)8-11-5-12(16-21-11)13(19)17(4)9-14(2,3)20/h5-7,20H,8-9H2,1-4H3. The van der Waals surface area contributed by atoms with Gasteiger partial charge in [0.2, 0.25) is 0 Å². The Morgan fingerprint density at radius 1 is 1.52 bits per heavy atom. The zero-order valence-electron chi connectivity index (χ0n) is 12.7. The van der Waals surface area contributed by atoms with Crippen LogP contribution in [-0.4, -0.2) is 50.0 Å². The van der Waals surface area contributed by atoms with Gasteiger partial charge in [0.15, 0.2) is 11.5 Å². The van der Waals surface area contributed by atoms with Crippen LogP contribution < -0.4 is 0 Å². The van der Waals surface area contributed by atoms with Crippen LogP contribution in [0.15, 0.2) is 23.0 Å². The molecule has 0 saturated carbocycles. The second-order valence-corrected chi connectivity index (χ2v) is 5.87. The molecule has 2 heterocycles. The highest BCUT2D eigenvalue weighted by Crippen LogP contribution is 2.11. The number of carbonyl (C=O) groups excluding carboxylic acids is 1. The third-order valence-electron chi connectivity index (χ3n) is 2.83. The van der Waals surface area contributed by atoms with Gasteiger partial charge in [0.05, 0.1) is 11.8 Å². The lowest BCUT2D eigenvalue weighted by atomic mass is 10.1. The molecule has 7 heteroatoms. The van der Waals surface area contributed by atoms with Crippen molar-refractivity contribution in [2.45, 2.75) is 32.9 Å². The van der Waals surface area contributed by atoms with Gasteiger partial charge in [-0.15, -0.1) is 0 Å². The molecule has 2 aromatic rings. The molecule has 2 aromatic heterocycles. The third-order valence-corrected chi connectivity index (χ3v) is 2.83. The van der Waals surface area contributed by atoms with Gasteiger partial charge in [-0.05, 0) is 26.3 Å². The molecule has 0 bridgehead atoms. The molecule has 0 unspecified atom stereocenters. The number of rotatable bonds is 5. The fourth-order valence-corrected chi connectivity index (χ4v) is 2.05. The molecular formula is C14H20N4O3. The van der Waals surface area contributed by atoms with E-state index in [1.165, 1.54) is 4.90 Å². The van der Waals surface area contributed by atoms with Crippen molar-refractivity contribution in [2.24, 2.45) is 0 Å². The Labute approximate surface area is 123 Å². The largest absolute Gasteiger partial charge is 0.389 e. The lowest BCUT2D eigenvalue weighted by Gasteiger charge is -2.24. The summed E-state index contributed by atoms with van der Waals surface area (Å²) in [6, 6.07) is 1.60. The monoisotopic (exact) mass is 292 g/mol. The minimum absolute atomic E-state index is 0.215. The summed E-state index contributed by atoms with van der Waals surface area (Å²) in [6.07, 6.45) is 3.63. The van der Waals surface area contributed by atoms with E-state index in [0.29, 0.717) is 12.3 Å². The van der Waals surface area contributed by atoms with E-state index in [2.05, 4.69) is 10.3 Å². The highest BCUT2D eigenvalue weighted by Gasteiger charge is 2.22. The van der Waals surface area contributed by atoms with E-state index in [0.717, 1.165) is 5.56 Å². The van der Waals surface area contributed by atoms with Crippen LogP contribution in [0.3, 0.4) is 0 Å². The van der Waals surface area contributed by atoms with Gasteiger partial charge in [-0.25, -0.2) is 0 Å². The van der Waals surface area contributed by atoms with Crippen molar-refractivity contribution in [3.8, 4) is 0 Å². The average Bonchev–Trinajstić information content (AvgIpc) is 2.96. The molecule has 1 amide bonds. The van der Waals surface area contributed by atoms with Gasteiger partial charge >= 0.3 is 0 Å². The fourth-order valence-electron chi connectivity index (χ4n) is 2.05. The van der Waals surface area contributed by atoms with Gasteiger partial charge < -0.3 is 14.5 Å². The van der Waals surface area contributed by atoms with Crippen molar-refractivity contribution in [1.29, 1.82) is 0 Å². The van der Waals surface area contributed by atoms with Crippen molar-refractivity contribution < 1.29 is 14.4 Å². The Morgan fingerprint density at radius 2 is 2.24 bits per heavy atom. The molecule has 0 aliphatic heterocycles. The maximum absolute atomic E-state index is 12.2. The van der Waals surface area contributed by atoms with Gasteiger partial charge in [-0.1, -0.05) is 5.16 Å². The fraction of sp³-hybridized carbons (Fsp3) is 0.500. The first kappa shape index (κ1) is 15.2. The van der Waals surface area contributed by atoms with Crippen molar-refractivity contribution in [2.75, 3.05) is 13.6 Å². The Balaban J connectivity index is 2.03. The summed E-state index contributed by atoms with van der Waals surface area (Å²) in [5.74, 6) is 0.266. The van der Waals surface area contributed by atoms with Gasteiger partial charge in [0.25, 0.3) is 5.91 Å². The second kappa shape index (κ2) is 5.69. The van der Waals surface area contributed by atoms with Crippen molar-refractivity contribution in [3.63, 3.8) is 0 Å². The van der Waals surface area contributed by atoms with E-state index >= 15 is 0 Å². The van der Waals surface area contributed by atoms with Crippen LogP contribution >= 0.6 is 0 Å². The Morgan fingerprint density at radius 3 is 2.81 bits per heavy atom. The summed E-state index contributed by atoms with van der Waals surface area (Å²) in [5, 5.41) is 17.7. The van der Waals surface area contributed by atoms with E-state index in [1.807, 2.05) is 13.1 Å².